The zero-order valence-electron chi connectivity index (χ0n) is 10.5. The summed E-state index contributed by atoms with van der Waals surface area (Å²) < 4.78 is 24.7. The Hall–Kier alpha value is -0.970. The molecule has 18 heavy (non-hydrogen) atoms. The minimum absolute atomic E-state index is 0.222. The lowest BCUT2D eigenvalue weighted by molar-refractivity contribution is 0.0151. The fourth-order valence-electron chi connectivity index (χ4n) is 2.15. The highest BCUT2D eigenvalue weighted by Crippen LogP contribution is 2.17. The molecule has 0 radical (unpaired) electrons. The zero-order chi connectivity index (χ0) is 12.8. The second-order valence-electron chi connectivity index (χ2n) is 4.67. The number of hydrogen-bond acceptors (Lipinski definition) is 3. The molecule has 3 nitrogen and oxygen atoms in total. The Bertz CT molecular complexity index is 378. The number of ether oxygens (including phenoxy) is 2. The first-order valence-corrected chi connectivity index (χ1v) is 6.43. The molecule has 4 heteroatoms. The van der Waals surface area contributed by atoms with Crippen molar-refractivity contribution in [2.75, 3.05) is 19.8 Å². The summed E-state index contributed by atoms with van der Waals surface area (Å²) in [6, 6.07) is 5.27. The number of nitrogens with two attached hydrogens (primary N) is 1. The van der Waals surface area contributed by atoms with E-state index in [-0.39, 0.29) is 12.4 Å². The lowest BCUT2D eigenvalue weighted by Crippen LogP contribution is -2.20. The van der Waals surface area contributed by atoms with Crippen LogP contribution in [0.2, 0.25) is 0 Å². The largest absolute Gasteiger partial charge is 0.381 e. The summed E-state index contributed by atoms with van der Waals surface area (Å²) in [5.74, 6) is 0.312. The molecule has 100 valence electrons. The first kappa shape index (κ1) is 13.5. The monoisotopic (exact) mass is 253 g/mol. The molecule has 0 unspecified atom stereocenters. The van der Waals surface area contributed by atoms with Crippen LogP contribution in [0.25, 0.3) is 0 Å². The van der Waals surface area contributed by atoms with Gasteiger partial charge in [-0.3, -0.25) is 0 Å². The fourth-order valence-corrected chi connectivity index (χ4v) is 2.15. The summed E-state index contributed by atoms with van der Waals surface area (Å²) in [6.07, 6.45) is 2.07. The van der Waals surface area contributed by atoms with Gasteiger partial charge in [-0.1, -0.05) is 18.2 Å². The van der Waals surface area contributed by atoms with Gasteiger partial charge in [0.15, 0.2) is 0 Å². The Balaban J connectivity index is 1.82. The Labute approximate surface area is 107 Å². The molecule has 0 aromatic heterocycles. The predicted octanol–water partition coefficient (Wildman–Crippen LogP) is 2.23. The number of rotatable bonds is 5. The maximum atomic E-state index is 13.9. The molecule has 0 saturated carbocycles. The predicted molar refractivity (Wildman–Crippen MR) is 67.5 cm³/mol. The first-order valence-electron chi connectivity index (χ1n) is 6.43. The van der Waals surface area contributed by atoms with E-state index in [1.165, 1.54) is 0 Å². The minimum Gasteiger partial charge on any atom is -0.381 e. The van der Waals surface area contributed by atoms with Crippen LogP contribution in [0.3, 0.4) is 0 Å². The van der Waals surface area contributed by atoms with Gasteiger partial charge in [0.25, 0.3) is 0 Å². The third kappa shape index (κ3) is 3.51. The molecule has 1 aromatic rings. The molecule has 1 fully saturated rings. The molecule has 1 saturated heterocycles. The van der Waals surface area contributed by atoms with Crippen LogP contribution in [0.4, 0.5) is 4.39 Å². The third-order valence-electron chi connectivity index (χ3n) is 3.33. The standard InChI is InChI=1S/C14H20FNO2/c15-14-12(8-16)2-1-3-13(14)10-18-9-11-4-6-17-7-5-11/h1-3,11H,4-10,16H2. The summed E-state index contributed by atoms with van der Waals surface area (Å²) in [5, 5.41) is 0. The summed E-state index contributed by atoms with van der Waals surface area (Å²) in [6.45, 7) is 2.84. The van der Waals surface area contributed by atoms with E-state index in [1.807, 2.05) is 6.07 Å². The van der Waals surface area contributed by atoms with Crippen molar-refractivity contribution in [2.45, 2.75) is 26.0 Å². The van der Waals surface area contributed by atoms with E-state index in [1.54, 1.807) is 12.1 Å². The quantitative estimate of drug-likeness (QED) is 0.875. The highest BCUT2D eigenvalue weighted by molar-refractivity contribution is 5.25. The maximum absolute atomic E-state index is 13.9. The third-order valence-corrected chi connectivity index (χ3v) is 3.33. The van der Waals surface area contributed by atoms with Crippen LogP contribution in [0.5, 0.6) is 0 Å². The fraction of sp³-hybridized carbons (Fsp3) is 0.571. The molecule has 1 heterocycles. The lowest BCUT2D eigenvalue weighted by atomic mass is 10.0. The molecule has 0 amide bonds. The van der Waals surface area contributed by atoms with Gasteiger partial charge in [0, 0.05) is 30.9 Å². The van der Waals surface area contributed by atoms with Crippen LogP contribution in [0.15, 0.2) is 18.2 Å². The van der Waals surface area contributed by atoms with Crippen molar-refractivity contribution in [2.24, 2.45) is 11.7 Å². The van der Waals surface area contributed by atoms with Gasteiger partial charge in [0.2, 0.25) is 0 Å². The molecule has 0 spiro atoms. The van der Waals surface area contributed by atoms with Crippen LogP contribution in [0.1, 0.15) is 24.0 Å². The number of hydrogen-bond donors (Lipinski definition) is 1. The average molecular weight is 253 g/mol. The van der Waals surface area contributed by atoms with E-state index in [0.717, 1.165) is 26.1 Å². The smallest absolute Gasteiger partial charge is 0.133 e. The van der Waals surface area contributed by atoms with Gasteiger partial charge in [-0.05, 0) is 18.8 Å². The van der Waals surface area contributed by atoms with Gasteiger partial charge in [0.1, 0.15) is 5.82 Å². The maximum Gasteiger partial charge on any atom is 0.133 e. The van der Waals surface area contributed by atoms with Crippen LogP contribution in [-0.4, -0.2) is 19.8 Å². The molecule has 1 aromatic carbocycles. The molecule has 0 bridgehead atoms. The van der Waals surface area contributed by atoms with Gasteiger partial charge in [-0.15, -0.1) is 0 Å². The topological polar surface area (TPSA) is 44.5 Å². The first-order chi connectivity index (χ1) is 8.81. The van der Waals surface area contributed by atoms with Crippen molar-refractivity contribution < 1.29 is 13.9 Å². The molecule has 2 N–H and O–H groups in total. The molecular formula is C14H20FNO2. The highest BCUT2D eigenvalue weighted by Gasteiger charge is 2.14. The molecule has 1 aliphatic heterocycles. The van der Waals surface area contributed by atoms with Crippen molar-refractivity contribution in [3.63, 3.8) is 0 Å². The molecule has 2 rings (SSSR count). The van der Waals surface area contributed by atoms with Crippen LogP contribution in [-0.2, 0) is 22.6 Å². The van der Waals surface area contributed by atoms with Crippen molar-refractivity contribution in [1.82, 2.24) is 0 Å². The molecular weight excluding hydrogens is 233 g/mol. The number of halogens is 1. The summed E-state index contributed by atoms with van der Waals surface area (Å²) in [4.78, 5) is 0. The normalized spacial score (nSPS) is 17.0. The SMILES string of the molecule is NCc1cccc(COCC2CCOCC2)c1F. The van der Waals surface area contributed by atoms with E-state index < -0.39 is 0 Å². The van der Waals surface area contributed by atoms with E-state index in [2.05, 4.69) is 0 Å². The van der Waals surface area contributed by atoms with E-state index in [9.17, 15) is 4.39 Å². The van der Waals surface area contributed by atoms with Crippen LogP contribution < -0.4 is 5.73 Å². The summed E-state index contributed by atoms with van der Waals surface area (Å²) >= 11 is 0. The van der Waals surface area contributed by atoms with Crippen molar-refractivity contribution in [3.05, 3.63) is 35.1 Å². The van der Waals surface area contributed by atoms with Crippen molar-refractivity contribution >= 4 is 0 Å². The second kappa shape index (κ2) is 6.83. The molecule has 0 aliphatic carbocycles. The van der Waals surface area contributed by atoms with Gasteiger partial charge >= 0.3 is 0 Å². The molecule has 1 aliphatic rings. The minimum atomic E-state index is -0.230. The van der Waals surface area contributed by atoms with Gasteiger partial charge in [-0.25, -0.2) is 4.39 Å². The summed E-state index contributed by atoms with van der Waals surface area (Å²) in [7, 11) is 0. The van der Waals surface area contributed by atoms with Gasteiger partial charge in [0.05, 0.1) is 13.2 Å². The Morgan fingerprint density at radius 3 is 2.72 bits per heavy atom. The lowest BCUT2D eigenvalue weighted by Gasteiger charge is -2.21. The molecule has 0 atom stereocenters. The Morgan fingerprint density at radius 2 is 2.00 bits per heavy atom. The zero-order valence-corrected chi connectivity index (χ0v) is 10.5. The Morgan fingerprint density at radius 1 is 1.28 bits per heavy atom. The van der Waals surface area contributed by atoms with E-state index >= 15 is 0 Å². The van der Waals surface area contributed by atoms with Gasteiger partial charge < -0.3 is 15.2 Å². The van der Waals surface area contributed by atoms with Gasteiger partial charge in [-0.2, -0.15) is 0 Å². The van der Waals surface area contributed by atoms with E-state index in [4.69, 9.17) is 15.2 Å². The van der Waals surface area contributed by atoms with Crippen LogP contribution in [0, 0.1) is 11.7 Å². The highest BCUT2D eigenvalue weighted by atomic mass is 19.1. The average Bonchev–Trinajstić information content (AvgIpc) is 2.42. The Kier molecular flexibility index (Phi) is 5.11. The second-order valence-corrected chi connectivity index (χ2v) is 4.67. The summed E-state index contributed by atoms with van der Waals surface area (Å²) in [5.41, 5.74) is 6.60. The van der Waals surface area contributed by atoms with E-state index in [0.29, 0.717) is 30.3 Å². The van der Waals surface area contributed by atoms with Crippen molar-refractivity contribution in [3.8, 4) is 0 Å². The van der Waals surface area contributed by atoms with Crippen molar-refractivity contribution in [1.29, 1.82) is 0 Å². The van der Waals surface area contributed by atoms with Crippen LogP contribution >= 0.6 is 0 Å². The number of benzene rings is 1.